The first kappa shape index (κ1) is 25.9. The van der Waals surface area contributed by atoms with Gasteiger partial charge in [0, 0.05) is 12.6 Å². The van der Waals surface area contributed by atoms with Crippen molar-refractivity contribution in [1.82, 2.24) is 9.88 Å². The van der Waals surface area contributed by atoms with Crippen LogP contribution < -0.4 is 10.1 Å². The maximum Gasteiger partial charge on any atom is 0.323 e. The molecule has 34 heavy (non-hydrogen) atoms. The standard InChI is InChI=1S/C22H28FN3O6S2/c1-14-3-6-16(7-4-14)26(10-9-15-5-8-18(32-2)17(23)11-15)22(29)25-21-24-12-20(33-21)34(30,31)13-19(27)28/h5,8,11-12,14,16H,3-4,6-7,9-10,13H2,1-2H3,(H,27,28)(H,24,25,29)/t14-,16-. The van der Waals surface area contributed by atoms with Crippen molar-refractivity contribution in [3.63, 3.8) is 0 Å². The molecule has 2 amide bonds. The number of carboxylic acid groups (broad SMARTS) is 1. The number of carbonyl (C=O) groups excluding carboxylic acids is 1. The van der Waals surface area contributed by atoms with Crippen LogP contribution in [0, 0.1) is 11.7 Å². The molecular formula is C22H28FN3O6S2. The number of anilines is 1. The number of sulfone groups is 1. The van der Waals surface area contributed by atoms with Crippen molar-refractivity contribution in [2.24, 2.45) is 5.92 Å². The van der Waals surface area contributed by atoms with Crippen molar-refractivity contribution < 1.29 is 32.2 Å². The van der Waals surface area contributed by atoms with Crippen LogP contribution in [0.3, 0.4) is 0 Å². The van der Waals surface area contributed by atoms with Gasteiger partial charge in [-0.15, -0.1) is 0 Å². The smallest absolute Gasteiger partial charge is 0.323 e. The Balaban J connectivity index is 1.73. The van der Waals surface area contributed by atoms with Crippen molar-refractivity contribution in [2.45, 2.75) is 49.3 Å². The number of ether oxygens (including phenoxy) is 1. The molecule has 0 spiro atoms. The molecule has 1 aliphatic rings. The van der Waals surface area contributed by atoms with Crippen LogP contribution in [0.5, 0.6) is 5.75 Å². The molecule has 9 nitrogen and oxygen atoms in total. The number of benzene rings is 1. The lowest BCUT2D eigenvalue weighted by molar-refractivity contribution is -0.134. The first-order valence-corrected chi connectivity index (χ1v) is 13.4. The number of halogens is 1. The SMILES string of the molecule is COc1ccc(CCN(C(=O)Nc2ncc(S(=O)(=O)CC(=O)O)s2)[C@H]2CC[C@H](C)CC2)cc1F. The number of carbonyl (C=O) groups is 2. The van der Waals surface area contributed by atoms with Crippen LogP contribution in [0.2, 0.25) is 0 Å². The van der Waals surface area contributed by atoms with Crippen LogP contribution in [0.15, 0.2) is 28.6 Å². The summed E-state index contributed by atoms with van der Waals surface area (Å²) in [5.41, 5.74) is 0.719. The van der Waals surface area contributed by atoms with Crippen LogP contribution in [-0.4, -0.2) is 60.9 Å². The van der Waals surface area contributed by atoms with Crippen molar-refractivity contribution >= 4 is 38.3 Å². The van der Waals surface area contributed by atoms with Gasteiger partial charge >= 0.3 is 12.0 Å². The molecule has 1 heterocycles. The van der Waals surface area contributed by atoms with E-state index in [2.05, 4.69) is 17.2 Å². The highest BCUT2D eigenvalue weighted by atomic mass is 32.2. The van der Waals surface area contributed by atoms with Crippen LogP contribution in [0.4, 0.5) is 14.3 Å². The first-order chi connectivity index (χ1) is 16.1. The maximum absolute atomic E-state index is 14.1. The van der Waals surface area contributed by atoms with E-state index in [1.807, 2.05) is 0 Å². The Morgan fingerprint density at radius 1 is 1.29 bits per heavy atom. The predicted octanol–water partition coefficient (Wildman–Crippen LogP) is 3.80. The lowest BCUT2D eigenvalue weighted by Crippen LogP contribution is -2.45. The lowest BCUT2D eigenvalue weighted by Gasteiger charge is -2.36. The average Bonchev–Trinajstić information content (AvgIpc) is 3.24. The van der Waals surface area contributed by atoms with Crippen LogP contribution in [0.1, 0.15) is 38.2 Å². The second-order valence-electron chi connectivity index (χ2n) is 8.39. The fourth-order valence-electron chi connectivity index (χ4n) is 3.98. The zero-order valence-corrected chi connectivity index (χ0v) is 20.6. The van der Waals surface area contributed by atoms with Crippen molar-refractivity contribution in [2.75, 3.05) is 24.7 Å². The molecule has 2 N–H and O–H groups in total. The van der Waals surface area contributed by atoms with E-state index in [1.54, 1.807) is 17.0 Å². The molecule has 186 valence electrons. The number of hydrogen-bond acceptors (Lipinski definition) is 7. The van der Waals surface area contributed by atoms with Gasteiger partial charge in [0.2, 0.25) is 0 Å². The summed E-state index contributed by atoms with van der Waals surface area (Å²) in [6, 6.07) is 4.26. The molecule has 0 unspecified atom stereocenters. The third kappa shape index (κ3) is 6.66. The Labute approximate surface area is 201 Å². The fraction of sp³-hybridized carbons (Fsp3) is 0.500. The quantitative estimate of drug-likeness (QED) is 0.522. The molecule has 1 saturated carbocycles. The minimum Gasteiger partial charge on any atom is -0.494 e. The Hall–Kier alpha value is -2.73. The molecule has 0 atom stereocenters. The highest BCUT2D eigenvalue weighted by Gasteiger charge is 2.29. The summed E-state index contributed by atoms with van der Waals surface area (Å²) >= 11 is 0.711. The van der Waals surface area contributed by atoms with Gasteiger partial charge < -0.3 is 14.7 Å². The van der Waals surface area contributed by atoms with E-state index in [0.29, 0.717) is 30.2 Å². The van der Waals surface area contributed by atoms with Crippen LogP contribution in [0.25, 0.3) is 0 Å². The largest absolute Gasteiger partial charge is 0.494 e. The molecule has 3 rings (SSSR count). The van der Waals surface area contributed by atoms with E-state index in [0.717, 1.165) is 37.4 Å². The molecule has 1 fully saturated rings. The summed E-state index contributed by atoms with van der Waals surface area (Å²) in [6.45, 7) is 2.52. The zero-order valence-electron chi connectivity index (χ0n) is 19.0. The molecule has 1 aliphatic carbocycles. The summed E-state index contributed by atoms with van der Waals surface area (Å²) in [5, 5.41) is 11.5. The number of nitrogens with zero attached hydrogens (tertiary/aromatic N) is 2. The van der Waals surface area contributed by atoms with Gasteiger partial charge in [0.25, 0.3) is 0 Å². The monoisotopic (exact) mass is 513 g/mol. The lowest BCUT2D eigenvalue weighted by atomic mass is 9.86. The molecule has 2 aromatic rings. The second-order valence-corrected chi connectivity index (χ2v) is 11.6. The van der Waals surface area contributed by atoms with Crippen molar-refractivity contribution in [3.05, 3.63) is 35.8 Å². The molecular weight excluding hydrogens is 485 g/mol. The molecule has 12 heteroatoms. The highest BCUT2D eigenvalue weighted by Crippen LogP contribution is 2.29. The number of amides is 2. The van der Waals surface area contributed by atoms with E-state index >= 15 is 0 Å². The Morgan fingerprint density at radius 3 is 2.62 bits per heavy atom. The number of rotatable bonds is 9. The van der Waals surface area contributed by atoms with E-state index < -0.39 is 33.4 Å². The van der Waals surface area contributed by atoms with Gasteiger partial charge in [-0.1, -0.05) is 24.3 Å². The second kappa shape index (κ2) is 11.1. The zero-order chi connectivity index (χ0) is 24.9. The van der Waals surface area contributed by atoms with E-state index in [1.165, 1.54) is 13.2 Å². The van der Waals surface area contributed by atoms with E-state index in [9.17, 15) is 22.4 Å². The van der Waals surface area contributed by atoms with Gasteiger partial charge in [-0.2, -0.15) is 0 Å². The minimum absolute atomic E-state index is 0.00512. The van der Waals surface area contributed by atoms with Crippen molar-refractivity contribution in [1.29, 1.82) is 0 Å². The van der Waals surface area contributed by atoms with Gasteiger partial charge in [0.15, 0.2) is 32.3 Å². The summed E-state index contributed by atoms with van der Waals surface area (Å²) in [6.07, 6.45) is 5.12. The van der Waals surface area contributed by atoms with Gasteiger partial charge in [-0.25, -0.2) is 22.6 Å². The number of aliphatic carboxylic acids is 1. The highest BCUT2D eigenvalue weighted by molar-refractivity contribution is 7.94. The average molecular weight is 514 g/mol. The van der Waals surface area contributed by atoms with Gasteiger partial charge in [-0.05, 0) is 55.7 Å². The van der Waals surface area contributed by atoms with E-state index in [-0.39, 0.29) is 21.1 Å². The van der Waals surface area contributed by atoms with Crippen LogP contribution in [-0.2, 0) is 21.1 Å². The summed E-state index contributed by atoms with van der Waals surface area (Å²) in [7, 11) is -2.64. The normalized spacial score (nSPS) is 18.3. The molecule has 0 radical (unpaired) electrons. The molecule has 1 aromatic heterocycles. The fourth-order valence-corrected chi connectivity index (χ4v) is 6.12. The van der Waals surface area contributed by atoms with Crippen LogP contribution >= 0.6 is 11.3 Å². The molecule has 1 aromatic carbocycles. The minimum atomic E-state index is -4.03. The number of hydrogen-bond donors (Lipinski definition) is 2. The number of nitrogens with one attached hydrogen (secondary N) is 1. The van der Waals surface area contributed by atoms with Crippen molar-refractivity contribution in [3.8, 4) is 5.75 Å². The number of aromatic nitrogens is 1. The number of methoxy groups -OCH3 is 1. The molecule has 0 bridgehead atoms. The summed E-state index contributed by atoms with van der Waals surface area (Å²) in [4.78, 5) is 29.6. The third-order valence-electron chi connectivity index (χ3n) is 5.86. The number of carboxylic acids is 1. The Kier molecular flexibility index (Phi) is 8.47. The summed E-state index contributed by atoms with van der Waals surface area (Å²) in [5.74, 6) is -2.25. The summed E-state index contributed by atoms with van der Waals surface area (Å²) < 4.78 is 43.0. The Morgan fingerprint density at radius 2 is 2.00 bits per heavy atom. The molecule has 0 saturated heterocycles. The number of thiazole rings is 1. The molecule has 0 aliphatic heterocycles. The first-order valence-electron chi connectivity index (χ1n) is 10.9. The third-order valence-corrected chi connectivity index (χ3v) is 8.93. The predicted molar refractivity (Wildman–Crippen MR) is 126 cm³/mol. The Bertz CT molecular complexity index is 1130. The van der Waals surface area contributed by atoms with Gasteiger partial charge in [0.1, 0.15) is 4.21 Å². The van der Waals surface area contributed by atoms with Gasteiger partial charge in [-0.3, -0.25) is 10.1 Å². The van der Waals surface area contributed by atoms with E-state index in [4.69, 9.17) is 9.84 Å². The topological polar surface area (TPSA) is 126 Å². The number of urea groups is 1. The maximum atomic E-state index is 14.1. The van der Waals surface area contributed by atoms with Gasteiger partial charge in [0.05, 0.1) is 13.3 Å².